The number of sulfonamides is 1. The van der Waals surface area contributed by atoms with E-state index in [9.17, 15) is 34.4 Å². The summed E-state index contributed by atoms with van der Waals surface area (Å²) in [6.07, 6.45) is 0.603. The van der Waals surface area contributed by atoms with Crippen molar-refractivity contribution >= 4 is 53.5 Å². The third kappa shape index (κ3) is 6.81. The van der Waals surface area contributed by atoms with Crippen molar-refractivity contribution < 1.29 is 34.4 Å². The molecule has 34 heavy (non-hydrogen) atoms. The molecule has 0 unspecified atom stereocenters. The fourth-order valence-electron chi connectivity index (χ4n) is 2.85. The molecule has 1 heterocycles. The van der Waals surface area contributed by atoms with Gasteiger partial charge in [-0.15, -0.1) is 0 Å². The van der Waals surface area contributed by atoms with Gasteiger partial charge in [0.2, 0.25) is 21.9 Å². The van der Waals surface area contributed by atoms with Gasteiger partial charge in [-0.2, -0.15) is 31.8 Å². The van der Waals surface area contributed by atoms with Crippen molar-refractivity contribution in [2.45, 2.75) is 16.2 Å². The van der Waals surface area contributed by atoms with Gasteiger partial charge in [-0.1, -0.05) is 6.07 Å². The van der Waals surface area contributed by atoms with E-state index < -0.39 is 35.2 Å². The minimum Gasteiger partial charge on any atom is -0.368 e. The molecule has 0 saturated heterocycles. The standard InChI is InChI=1S/C17H18N6O8S3/c1-32(24,25)23-12-5-6-14(34(29,30)31)10(7-12)8-15-20-16(18)22-17(21-15)19-11-3-2-4-13(9-11)33(26,27)28/h2-7,9,23H,8H2,1H3,(H,26,27,28)(H,29,30,31)(H3,18,19,20,21,22). The number of benzene rings is 2. The largest absolute Gasteiger partial charge is 0.368 e. The second-order valence-electron chi connectivity index (χ2n) is 6.91. The number of nitrogen functional groups attached to an aromatic ring is 1. The lowest BCUT2D eigenvalue weighted by atomic mass is 10.1. The summed E-state index contributed by atoms with van der Waals surface area (Å²) in [7, 11) is -12.8. The van der Waals surface area contributed by atoms with Crippen LogP contribution in [0.4, 0.5) is 23.3 Å². The molecule has 2 aromatic carbocycles. The Hall–Kier alpha value is -3.38. The van der Waals surface area contributed by atoms with E-state index in [4.69, 9.17) is 5.73 Å². The van der Waals surface area contributed by atoms with Gasteiger partial charge in [-0.3, -0.25) is 13.8 Å². The smallest absolute Gasteiger partial charge is 0.294 e. The number of nitrogens with two attached hydrogens (primary N) is 1. The van der Waals surface area contributed by atoms with E-state index in [0.29, 0.717) is 0 Å². The summed E-state index contributed by atoms with van der Waals surface area (Å²) < 4.78 is 90.2. The SMILES string of the molecule is CS(=O)(=O)Nc1ccc(S(=O)(=O)O)c(Cc2nc(N)nc(Nc3cccc(S(=O)(=O)O)c3)n2)c1. The Morgan fingerprint density at radius 2 is 1.59 bits per heavy atom. The molecule has 0 aliphatic heterocycles. The Labute approximate surface area is 194 Å². The van der Waals surface area contributed by atoms with Crippen molar-refractivity contribution in [3.8, 4) is 0 Å². The predicted molar refractivity (Wildman–Crippen MR) is 121 cm³/mol. The van der Waals surface area contributed by atoms with E-state index in [1.165, 1.54) is 24.3 Å². The number of hydrogen-bond acceptors (Lipinski definition) is 11. The summed E-state index contributed by atoms with van der Waals surface area (Å²) in [6, 6.07) is 8.47. The van der Waals surface area contributed by atoms with Crippen LogP contribution in [0.15, 0.2) is 52.3 Å². The van der Waals surface area contributed by atoms with E-state index in [0.717, 1.165) is 24.5 Å². The third-order valence-corrected chi connectivity index (χ3v) is 6.49. The van der Waals surface area contributed by atoms with E-state index >= 15 is 0 Å². The first-order valence-electron chi connectivity index (χ1n) is 9.03. The number of nitrogens with one attached hydrogen (secondary N) is 2. The lowest BCUT2D eigenvalue weighted by Crippen LogP contribution is -2.12. The Bertz CT molecular complexity index is 1570. The first-order chi connectivity index (χ1) is 15.6. The van der Waals surface area contributed by atoms with Crippen LogP contribution in [-0.2, 0) is 36.7 Å². The lowest BCUT2D eigenvalue weighted by molar-refractivity contribution is 0.480. The first kappa shape index (κ1) is 25.2. The molecule has 6 N–H and O–H groups in total. The molecular weight excluding hydrogens is 512 g/mol. The van der Waals surface area contributed by atoms with Crippen molar-refractivity contribution in [1.82, 2.24) is 15.0 Å². The molecule has 1 aromatic heterocycles. The number of nitrogens with zero attached hydrogens (tertiary/aromatic N) is 3. The highest BCUT2D eigenvalue weighted by Gasteiger charge is 2.19. The van der Waals surface area contributed by atoms with Gasteiger partial charge in [0.25, 0.3) is 20.2 Å². The van der Waals surface area contributed by atoms with Crippen LogP contribution in [0.5, 0.6) is 0 Å². The minimum absolute atomic E-state index is 0.0345. The summed E-state index contributed by atoms with van der Waals surface area (Å²) in [5.41, 5.74) is 5.88. The number of aromatic nitrogens is 3. The molecule has 182 valence electrons. The molecule has 17 heteroatoms. The molecule has 14 nitrogen and oxygen atoms in total. The van der Waals surface area contributed by atoms with Gasteiger partial charge in [0, 0.05) is 17.8 Å². The van der Waals surface area contributed by atoms with Crippen LogP contribution >= 0.6 is 0 Å². The summed E-state index contributed by atoms with van der Waals surface area (Å²) in [5, 5.41) is 2.69. The Morgan fingerprint density at radius 1 is 0.882 bits per heavy atom. The van der Waals surface area contributed by atoms with Gasteiger partial charge in [-0.05, 0) is 42.0 Å². The second-order valence-corrected chi connectivity index (χ2v) is 11.5. The van der Waals surface area contributed by atoms with Gasteiger partial charge < -0.3 is 11.1 Å². The maximum atomic E-state index is 11.8. The molecule has 0 radical (unpaired) electrons. The zero-order valence-electron chi connectivity index (χ0n) is 17.2. The van der Waals surface area contributed by atoms with E-state index in [1.807, 2.05) is 0 Å². The number of anilines is 4. The van der Waals surface area contributed by atoms with Crippen LogP contribution in [0.25, 0.3) is 0 Å². The molecular formula is C17H18N6O8S3. The van der Waals surface area contributed by atoms with Crippen molar-refractivity contribution in [3.05, 3.63) is 53.9 Å². The summed E-state index contributed by atoms with van der Waals surface area (Å²) in [5.74, 6) is -0.451. The third-order valence-electron chi connectivity index (χ3n) is 4.08. The highest BCUT2D eigenvalue weighted by atomic mass is 32.2. The lowest BCUT2D eigenvalue weighted by Gasteiger charge is -2.12. The average molecular weight is 531 g/mol. The van der Waals surface area contributed by atoms with Crippen molar-refractivity contribution in [1.29, 1.82) is 0 Å². The molecule has 0 aliphatic carbocycles. The molecule has 0 atom stereocenters. The maximum Gasteiger partial charge on any atom is 0.294 e. The first-order valence-corrected chi connectivity index (χ1v) is 13.8. The van der Waals surface area contributed by atoms with Crippen molar-refractivity contribution in [2.24, 2.45) is 0 Å². The Morgan fingerprint density at radius 3 is 2.21 bits per heavy atom. The van der Waals surface area contributed by atoms with E-state index in [2.05, 4.69) is 25.0 Å². The molecule has 0 bridgehead atoms. The Kier molecular flexibility index (Phi) is 6.76. The van der Waals surface area contributed by atoms with Crippen LogP contribution in [0, 0.1) is 0 Å². The van der Waals surface area contributed by atoms with E-state index in [-0.39, 0.29) is 46.0 Å². The van der Waals surface area contributed by atoms with Gasteiger partial charge in [-0.25, -0.2) is 8.42 Å². The summed E-state index contributed by atoms with van der Waals surface area (Å²) in [4.78, 5) is 11.0. The highest BCUT2D eigenvalue weighted by Crippen LogP contribution is 2.24. The zero-order chi connectivity index (χ0) is 25.3. The second kappa shape index (κ2) is 9.11. The maximum absolute atomic E-state index is 11.8. The quantitative estimate of drug-likeness (QED) is 0.252. The summed E-state index contributed by atoms with van der Waals surface area (Å²) in [6.45, 7) is 0. The molecule has 0 spiro atoms. The summed E-state index contributed by atoms with van der Waals surface area (Å²) >= 11 is 0. The van der Waals surface area contributed by atoms with Crippen LogP contribution in [0.1, 0.15) is 11.4 Å². The minimum atomic E-state index is -4.68. The van der Waals surface area contributed by atoms with Crippen molar-refractivity contribution in [3.63, 3.8) is 0 Å². The zero-order valence-corrected chi connectivity index (χ0v) is 19.7. The number of hydrogen-bond donors (Lipinski definition) is 5. The average Bonchev–Trinajstić information content (AvgIpc) is 2.65. The van der Waals surface area contributed by atoms with Gasteiger partial charge in [0.15, 0.2) is 0 Å². The van der Waals surface area contributed by atoms with Gasteiger partial charge in [0.1, 0.15) is 5.82 Å². The fourth-order valence-corrected chi connectivity index (χ4v) is 4.64. The van der Waals surface area contributed by atoms with Crippen LogP contribution in [-0.4, -0.2) is 55.6 Å². The number of rotatable bonds is 8. The molecule has 0 aliphatic rings. The molecule has 0 fully saturated rings. The fraction of sp³-hybridized carbons (Fsp3) is 0.118. The molecule has 3 rings (SSSR count). The normalized spacial score (nSPS) is 12.3. The van der Waals surface area contributed by atoms with Crippen molar-refractivity contribution in [2.75, 3.05) is 22.0 Å². The molecule has 0 saturated carbocycles. The predicted octanol–water partition coefficient (Wildman–Crippen LogP) is 0.653. The monoisotopic (exact) mass is 530 g/mol. The highest BCUT2D eigenvalue weighted by molar-refractivity contribution is 7.92. The van der Waals surface area contributed by atoms with Crippen LogP contribution in [0.2, 0.25) is 0 Å². The van der Waals surface area contributed by atoms with Gasteiger partial charge in [0.05, 0.1) is 16.0 Å². The molecule has 0 amide bonds. The Balaban J connectivity index is 1.99. The molecule has 3 aromatic rings. The van der Waals surface area contributed by atoms with Gasteiger partial charge >= 0.3 is 0 Å². The van der Waals surface area contributed by atoms with Crippen LogP contribution < -0.4 is 15.8 Å². The van der Waals surface area contributed by atoms with E-state index in [1.54, 1.807) is 0 Å². The van der Waals surface area contributed by atoms with Crippen LogP contribution in [0.3, 0.4) is 0 Å². The topological polar surface area (TPSA) is 232 Å².